The van der Waals surface area contributed by atoms with Gasteiger partial charge in [0.1, 0.15) is 6.04 Å². The molecule has 5 heteroatoms. The highest BCUT2D eigenvalue weighted by atomic mass is 16.2. The van der Waals surface area contributed by atoms with Crippen LogP contribution in [-0.2, 0) is 17.9 Å². The third-order valence-electron chi connectivity index (χ3n) is 4.85. The number of pyridine rings is 2. The van der Waals surface area contributed by atoms with E-state index in [2.05, 4.69) is 38.8 Å². The zero-order valence-corrected chi connectivity index (χ0v) is 16.0. The minimum atomic E-state index is -0.483. The Labute approximate surface area is 169 Å². The molecule has 1 unspecified atom stereocenters. The van der Waals surface area contributed by atoms with Gasteiger partial charge in [-0.05, 0) is 45.7 Å². The molecule has 29 heavy (non-hydrogen) atoms. The van der Waals surface area contributed by atoms with Gasteiger partial charge in [0.2, 0.25) is 5.91 Å². The summed E-state index contributed by atoms with van der Waals surface area (Å²) in [7, 11) is 0. The van der Waals surface area contributed by atoms with E-state index < -0.39 is 6.04 Å². The first-order valence-corrected chi connectivity index (χ1v) is 9.58. The zero-order chi connectivity index (χ0) is 19.9. The van der Waals surface area contributed by atoms with Crippen LogP contribution in [0, 0.1) is 0 Å². The molecule has 2 aromatic carbocycles. The van der Waals surface area contributed by atoms with E-state index in [0.717, 1.165) is 27.5 Å². The van der Waals surface area contributed by atoms with Gasteiger partial charge in [0.15, 0.2) is 0 Å². The Bertz CT molecular complexity index is 1080. The minimum Gasteiger partial charge on any atom is -0.350 e. The van der Waals surface area contributed by atoms with Crippen molar-refractivity contribution in [1.82, 2.24) is 20.6 Å². The average molecular weight is 382 g/mol. The smallest absolute Gasteiger partial charge is 0.242 e. The zero-order valence-electron chi connectivity index (χ0n) is 16.0. The summed E-state index contributed by atoms with van der Waals surface area (Å²) in [5, 5.41) is 8.65. The van der Waals surface area contributed by atoms with Gasteiger partial charge in [-0.3, -0.25) is 20.1 Å². The number of hydrogen-bond donors (Lipinski definition) is 2. The summed E-state index contributed by atoms with van der Waals surface area (Å²) >= 11 is 0. The summed E-state index contributed by atoms with van der Waals surface area (Å²) < 4.78 is 0. The first kappa shape index (κ1) is 18.8. The standard InChI is InChI=1S/C24H22N4O/c29-24(28-16-18-10-13-25-14-11-18)23(27-17-19-5-4-12-26-15-19)22-9-3-7-20-6-1-2-8-21(20)22/h1-15,23,27H,16-17H2,(H,28,29). The normalized spacial score (nSPS) is 11.9. The second-order valence-electron chi connectivity index (χ2n) is 6.82. The minimum absolute atomic E-state index is 0.0675. The van der Waals surface area contributed by atoms with E-state index in [0.29, 0.717) is 13.1 Å². The van der Waals surface area contributed by atoms with Crippen LogP contribution >= 0.6 is 0 Å². The second-order valence-corrected chi connectivity index (χ2v) is 6.82. The second kappa shape index (κ2) is 9.08. The van der Waals surface area contributed by atoms with Crippen molar-refractivity contribution in [3.63, 3.8) is 0 Å². The van der Waals surface area contributed by atoms with Crippen molar-refractivity contribution in [3.8, 4) is 0 Å². The molecule has 1 atom stereocenters. The number of carbonyl (C=O) groups is 1. The molecular weight excluding hydrogens is 360 g/mol. The van der Waals surface area contributed by atoms with Gasteiger partial charge in [-0.15, -0.1) is 0 Å². The van der Waals surface area contributed by atoms with E-state index in [9.17, 15) is 4.79 Å². The van der Waals surface area contributed by atoms with Crippen molar-refractivity contribution in [2.24, 2.45) is 0 Å². The van der Waals surface area contributed by atoms with Crippen molar-refractivity contribution < 1.29 is 4.79 Å². The maximum Gasteiger partial charge on any atom is 0.242 e. The summed E-state index contributed by atoms with van der Waals surface area (Å²) in [4.78, 5) is 21.4. The van der Waals surface area contributed by atoms with E-state index in [1.807, 2.05) is 54.7 Å². The van der Waals surface area contributed by atoms with Crippen molar-refractivity contribution in [1.29, 1.82) is 0 Å². The molecule has 2 heterocycles. The fourth-order valence-electron chi connectivity index (χ4n) is 3.36. The Morgan fingerprint density at radius 1 is 0.793 bits per heavy atom. The monoisotopic (exact) mass is 382 g/mol. The third-order valence-corrected chi connectivity index (χ3v) is 4.85. The van der Waals surface area contributed by atoms with Gasteiger partial charge in [-0.1, -0.05) is 48.5 Å². The van der Waals surface area contributed by atoms with Crippen LogP contribution < -0.4 is 10.6 Å². The van der Waals surface area contributed by atoms with Crippen LogP contribution in [0.5, 0.6) is 0 Å². The molecule has 144 valence electrons. The lowest BCUT2D eigenvalue weighted by atomic mass is 9.97. The molecule has 4 aromatic rings. The molecule has 2 aromatic heterocycles. The molecule has 0 radical (unpaired) electrons. The molecule has 5 nitrogen and oxygen atoms in total. The Morgan fingerprint density at radius 2 is 1.62 bits per heavy atom. The number of nitrogens with zero attached hydrogens (tertiary/aromatic N) is 2. The number of benzene rings is 2. The summed E-state index contributed by atoms with van der Waals surface area (Å²) in [5.41, 5.74) is 3.00. The first-order valence-electron chi connectivity index (χ1n) is 9.58. The number of fused-ring (bicyclic) bond motifs is 1. The molecule has 1 amide bonds. The third kappa shape index (κ3) is 4.65. The number of hydrogen-bond acceptors (Lipinski definition) is 4. The Balaban J connectivity index is 1.60. The maximum atomic E-state index is 13.2. The van der Waals surface area contributed by atoms with Crippen LogP contribution in [-0.4, -0.2) is 15.9 Å². The molecule has 0 saturated heterocycles. The molecule has 0 aliphatic carbocycles. The van der Waals surface area contributed by atoms with Gasteiger partial charge in [-0.25, -0.2) is 0 Å². The summed E-state index contributed by atoms with van der Waals surface area (Å²) in [6.07, 6.45) is 7.00. The highest BCUT2D eigenvalue weighted by Gasteiger charge is 2.22. The largest absolute Gasteiger partial charge is 0.350 e. The fourth-order valence-corrected chi connectivity index (χ4v) is 3.36. The van der Waals surface area contributed by atoms with Crippen LogP contribution in [0.25, 0.3) is 10.8 Å². The van der Waals surface area contributed by atoms with Crippen molar-refractivity contribution in [2.45, 2.75) is 19.1 Å². The van der Waals surface area contributed by atoms with E-state index in [-0.39, 0.29) is 5.91 Å². The predicted octanol–water partition coefficient (Wildman–Crippen LogP) is 3.78. The van der Waals surface area contributed by atoms with E-state index in [1.54, 1.807) is 18.6 Å². The number of carbonyl (C=O) groups excluding carboxylic acids is 1. The average Bonchev–Trinajstić information content (AvgIpc) is 2.79. The molecule has 0 bridgehead atoms. The van der Waals surface area contributed by atoms with Crippen molar-refractivity contribution >= 4 is 16.7 Å². The van der Waals surface area contributed by atoms with E-state index >= 15 is 0 Å². The van der Waals surface area contributed by atoms with Gasteiger partial charge < -0.3 is 5.32 Å². The summed E-state index contributed by atoms with van der Waals surface area (Å²) in [6, 6.07) is 21.4. The van der Waals surface area contributed by atoms with Crippen LogP contribution in [0.1, 0.15) is 22.7 Å². The molecule has 0 fully saturated rings. The Kier molecular flexibility index (Phi) is 5.88. The molecule has 4 rings (SSSR count). The quantitative estimate of drug-likeness (QED) is 0.511. The first-order chi connectivity index (χ1) is 14.3. The lowest BCUT2D eigenvalue weighted by Gasteiger charge is -2.21. The van der Waals surface area contributed by atoms with Crippen LogP contribution in [0.3, 0.4) is 0 Å². The van der Waals surface area contributed by atoms with Gasteiger partial charge >= 0.3 is 0 Å². The van der Waals surface area contributed by atoms with Gasteiger partial charge in [0.25, 0.3) is 0 Å². The molecule has 2 N–H and O–H groups in total. The maximum absolute atomic E-state index is 13.2. The topological polar surface area (TPSA) is 66.9 Å². The van der Waals surface area contributed by atoms with E-state index in [1.165, 1.54) is 0 Å². The molecule has 0 saturated carbocycles. The van der Waals surface area contributed by atoms with Crippen LogP contribution in [0.15, 0.2) is 91.5 Å². The van der Waals surface area contributed by atoms with E-state index in [4.69, 9.17) is 0 Å². The summed E-state index contributed by atoms with van der Waals surface area (Å²) in [6.45, 7) is 1.00. The number of rotatable bonds is 7. The fraction of sp³-hybridized carbons (Fsp3) is 0.125. The molecular formula is C24H22N4O. The van der Waals surface area contributed by atoms with Crippen molar-refractivity contribution in [3.05, 3.63) is 108 Å². The number of amides is 1. The SMILES string of the molecule is O=C(NCc1ccncc1)C(NCc1cccnc1)c1cccc2ccccc12. The van der Waals surface area contributed by atoms with Gasteiger partial charge in [0.05, 0.1) is 0 Å². The lowest BCUT2D eigenvalue weighted by Crippen LogP contribution is -2.37. The Morgan fingerprint density at radius 3 is 2.45 bits per heavy atom. The van der Waals surface area contributed by atoms with Gasteiger partial charge in [0, 0.05) is 37.9 Å². The predicted molar refractivity (Wildman–Crippen MR) is 114 cm³/mol. The Hall–Kier alpha value is -3.57. The highest BCUT2D eigenvalue weighted by molar-refractivity contribution is 5.92. The summed E-state index contributed by atoms with van der Waals surface area (Å²) in [5.74, 6) is -0.0675. The van der Waals surface area contributed by atoms with Crippen molar-refractivity contribution in [2.75, 3.05) is 0 Å². The molecule has 0 spiro atoms. The molecule has 0 aliphatic heterocycles. The highest BCUT2D eigenvalue weighted by Crippen LogP contribution is 2.25. The lowest BCUT2D eigenvalue weighted by molar-refractivity contribution is -0.123. The van der Waals surface area contributed by atoms with Crippen LogP contribution in [0.2, 0.25) is 0 Å². The van der Waals surface area contributed by atoms with Crippen LogP contribution in [0.4, 0.5) is 0 Å². The van der Waals surface area contributed by atoms with Gasteiger partial charge in [-0.2, -0.15) is 0 Å². The number of nitrogens with one attached hydrogen (secondary N) is 2. The number of aromatic nitrogens is 2. The molecule has 0 aliphatic rings.